The Labute approximate surface area is 112 Å². The molecule has 0 saturated heterocycles. The molecule has 0 radical (unpaired) electrons. The van der Waals surface area contributed by atoms with Gasteiger partial charge in [0.1, 0.15) is 18.2 Å². The van der Waals surface area contributed by atoms with Crippen molar-refractivity contribution in [2.75, 3.05) is 0 Å². The van der Waals surface area contributed by atoms with Crippen molar-refractivity contribution >= 4 is 0 Å². The van der Waals surface area contributed by atoms with E-state index in [9.17, 15) is 4.39 Å². The number of halogens is 1. The molecule has 1 heterocycles. The van der Waals surface area contributed by atoms with Crippen molar-refractivity contribution in [1.82, 2.24) is 9.78 Å². The highest BCUT2D eigenvalue weighted by Gasteiger charge is 2.08. The minimum absolute atomic E-state index is 0.322. The van der Waals surface area contributed by atoms with Gasteiger partial charge in [-0.15, -0.1) is 0 Å². The van der Waals surface area contributed by atoms with E-state index in [0.717, 1.165) is 12.1 Å². The minimum atomic E-state index is -0.336. The molecule has 0 saturated carbocycles. The molecule has 1 atom stereocenters. The van der Waals surface area contributed by atoms with Crippen LogP contribution in [0.15, 0.2) is 30.6 Å². The maximum Gasteiger partial charge on any atom is 0.131 e. The summed E-state index contributed by atoms with van der Waals surface area (Å²) in [5, 5.41) is 4.15. The van der Waals surface area contributed by atoms with E-state index in [1.807, 2.05) is 17.8 Å². The summed E-state index contributed by atoms with van der Waals surface area (Å²) in [7, 11) is 0. The van der Waals surface area contributed by atoms with Gasteiger partial charge in [-0.3, -0.25) is 4.68 Å². The zero-order chi connectivity index (χ0) is 13.8. The molecule has 0 amide bonds. The molecule has 4 nitrogen and oxygen atoms in total. The molecule has 0 aliphatic carbocycles. The van der Waals surface area contributed by atoms with Gasteiger partial charge in [0.05, 0.1) is 6.20 Å². The number of hydrogen-bond donors (Lipinski definition) is 1. The summed E-state index contributed by atoms with van der Waals surface area (Å²) in [5.74, 6) is 0.155. The van der Waals surface area contributed by atoms with Gasteiger partial charge in [-0.2, -0.15) is 5.10 Å². The molecule has 2 N–H and O–H groups in total. The van der Waals surface area contributed by atoms with E-state index >= 15 is 0 Å². The highest BCUT2D eigenvalue weighted by Crippen LogP contribution is 2.21. The number of rotatable bonds is 5. The number of ether oxygens (including phenoxy) is 1. The Kier molecular flexibility index (Phi) is 4.16. The Hall–Kier alpha value is -1.88. The van der Waals surface area contributed by atoms with Gasteiger partial charge in [0.15, 0.2) is 0 Å². The molecule has 0 fully saturated rings. The Morgan fingerprint density at radius 1 is 1.47 bits per heavy atom. The molecule has 0 aliphatic rings. The van der Waals surface area contributed by atoms with Crippen molar-refractivity contribution in [3.8, 4) is 5.75 Å². The molecule has 1 unspecified atom stereocenters. The van der Waals surface area contributed by atoms with Crippen LogP contribution in [0.5, 0.6) is 5.75 Å². The average molecular weight is 263 g/mol. The summed E-state index contributed by atoms with van der Waals surface area (Å²) in [6.07, 6.45) is 3.66. The number of aryl methyl sites for hydroxylation is 1. The van der Waals surface area contributed by atoms with Crippen molar-refractivity contribution in [2.24, 2.45) is 5.73 Å². The molecule has 0 aliphatic heterocycles. The van der Waals surface area contributed by atoms with Crippen LogP contribution < -0.4 is 10.5 Å². The minimum Gasteiger partial charge on any atom is -0.489 e. The monoisotopic (exact) mass is 263 g/mol. The third-order valence-electron chi connectivity index (χ3n) is 2.88. The number of hydrogen-bond acceptors (Lipinski definition) is 3. The highest BCUT2D eigenvalue weighted by atomic mass is 19.1. The van der Waals surface area contributed by atoms with Gasteiger partial charge in [0.2, 0.25) is 0 Å². The Bertz CT molecular complexity index is 551. The molecular formula is C14H18FN3O. The fourth-order valence-corrected chi connectivity index (χ4v) is 1.79. The van der Waals surface area contributed by atoms with Gasteiger partial charge in [-0.05, 0) is 19.9 Å². The molecule has 102 valence electrons. The number of nitrogens with zero attached hydrogens (tertiary/aromatic N) is 2. The lowest BCUT2D eigenvalue weighted by Crippen LogP contribution is -2.07. The van der Waals surface area contributed by atoms with Gasteiger partial charge < -0.3 is 10.5 Å². The van der Waals surface area contributed by atoms with E-state index in [-0.39, 0.29) is 11.9 Å². The smallest absolute Gasteiger partial charge is 0.131 e. The quantitative estimate of drug-likeness (QED) is 0.902. The Morgan fingerprint density at radius 3 is 2.84 bits per heavy atom. The van der Waals surface area contributed by atoms with Crippen LogP contribution in [0.2, 0.25) is 0 Å². The summed E-state index contributed by atoms with van der Waals surface area (Å²) in [5.41, 5.74) is 7.10. The molecule has 0 bridgehead atoms. The van der Waals surface area contributed by atoms with Gasteiger partial charge >= 0.3 is 0 Å². The lowest BCUT2D eigenvalue weighted by molar-refractivity contribution is 0.304. The van der Waals surface area contributed by atoms with Crippen LogP contribution in [0.4, 0.5) is 4.39 Å². The van der Waals surface area contributed by atoms with Crippen LogP contribution in [0.1, 0.15) is 31.0 Å². The van der Waals surface area contributed by atoms with E-state index in [0.29, 0.717) is 17.9 Å². The summed E-state index contributed by atoms with van der Waals surface area (Å²) in [6, 6.07) is 4.43. The molecule has 2 rings (SSSR count). The fourth-order valence-electron chi connectivity index (χ4n) is 1.79. The van der Waals surface area contributed by atoms with Crippen molar-refractivity contribution in [3.63, 3.8) is 0 Å². The van der Waals surface area contributed by atoms with Gasteiger partial charge in [0, 0.05) is 36.0 Å². The summed E-state index contributed by atoms with van der Waals surface area (Å²) in [4.78, 5) is 0. The van der Waals surface area contributed by atoms with Crippen molar-refractivity contribution in [3.05, 3.63) is 47.5 Å². The lowest BCUT2D eigenvalue weighted by Gasteiger charge is -2.09. The molecular weight excluding hydrogens is 245 g/mol. The third kappa shape index (κ3) is 3.32. The molecule has 19 heavy (non-hydrogen) atoms. The van der Waals surface area contributed by atoms with Crippen LogP contribution in [0.3, 0.4) is 0 Å². The molecule has 0 spiro atoms. The van der Waals surface area contributed by atoms with Gasteiger partial charge in [0.25, 0.3) is 0 Å². The predicted octanol–water partition coefficient (Wildman–Crippen LogP) is 2.64. The van der Waals surface area contributed by atoms with E-state index in [2.05, 4.69) is 5.10 Å². The number of benzene rings is 1. The zero-order valence-electron chi connectivity index (χ0n) is 11.1. The summed E-state index contributed by atoms with van der Waals surface area (Å²) in [6.45, 7) is 4.95. The largest absolute Gasteiger partial charge is 0.489 e. The Morgan fingerprint density at radius 2 is 2.26 bits per heavy atom. The number of aromatic nitrogens is 2. The van der Waals surface area contributed by atoms with E-state index in [1.54, 1.807) is 25.3 Å². The normalized spacial score (nSPS) is 12.4. The first-order chi connectivity index (χ1) is 9.10. The highest BCUT2D eigenvalue weighted by molar-refractivity contribution is 5.30. The first kappa shape index (κ1) is 13.5. The van der Waals surface area contributed by atoms with Crippen molar-refractivity contribution in [1.29, 1.82) is 0 Å². The predicted molar refractivity (Wildman–Crippen MR) is 71.2 cm³/mol. The van der Waals surface area contributed by atoms with Gasteiger partial charge in [-0.1, -0.05) is 6.07 Å². The summed E-state index contributed by atoms with van der Waals surface area (Å²) < 4.78 is 21.1. The van der Waals surface area contributed by atoms with E-state index in [4.69, 9.17) is 10.5 Å². The van der Waals surface area contributed by atoms with E-state index < -0.39 is 0 Å². The average Bonchev–Trinajstić information content (AvgIpc) is 2.84. The molecule has 1 aromatic carbocycles. The van der Waals surface area contributed by atoms with Crippen LogP contribution in [0, 0.1) is 5.82 Å². The van der Waals surface area contributed by atoms with Crippen LogP contribution >= 0.6 is 0 Å². The fraction of sp³-hybridized carbons (Fsp3) is 0.357. The van der Waals surface area contributed by atoms with Gasteiger partial charge in [-0.25, -0.2) is 4.39 Å². The molecule has 5 heteroatoms. The first-order valence-electron chi connectivity index (χ1n) is 6.29. The lowest BCUT2D eigenvalue weighted by atomic mass is 10.1. The summed E-state index contributed by atoms with van der Waals surface area (Å²) >= 11 is 0. The topological polar surface area (TPSA) is 53.1 Å². The Balaban J connectivity index is 2.01. The first-order valence-corrected chi connectivity index (χ1v) is 6.29. The van der Waals surface area contributed by atoms with Crippen LogP contribution in [0.25, 0.3) is 0 Å². The molecule has 1 aromatic heterocycles. The second-order valence-electron chi connectivity index (χ2n) is 4.46. The third-order valence-corrected chi connectivity index (χ3v) is 2.88. The SMILES string of the molecule is CCn1cc(COc2ccc(C(C)N)c(F)c2)cn1. The van der Waals surface area contributed by atoms with E-state index in [1.165, 1.54) is 6.07 Å². The zero-order valence-corrected chi connectivity index (χ0v) is 11.1. The number of nitrogens with two attached hydrogens (primary N) is 1. The maximum atomic E-state index is 13.7. The van der Waals surface area contributed by atoms with Crippen LogP contribution in [-0.4, -0.2) is 9.78 Å². The van der Waals surface area contributed by atoms with Crippen molar-refractivity contribution < 1.29 is 9.13 Å². The standard InChI is InChI=1S/C14H18FN3O/c1-3-18-8-11(7-17-18)9-19-12-4-5-13(10(2)16)14(15)6-12/h4-8,10H,3,9,16H2,1-2H3. The second kappa shape index (κ2) is 5.84. The van der Waals surface area contributed by atoms with Crippen LogP contribution in [-0.2, 0) is 13.2 Å². The van der Waals surface area contributed by atoms with Crippen molar-refractivity contribution in [2.45, 2.75) is 33.0 Å². The molecule has 2 aromatic rings. The maximum absolute atomic E-state index is 13.7. The second-order valence-corrected chi connectivity index (χ2v) is 4.46.